The number of nitro groups is 1. The molecule has 0 radical (unpaired) electrons. The maximum Gasteiger partial charge on any atom is 0.370 e. The molecule has 0 heterocycles. The van der Waals surface area contributed by atoms with Gasteiger partial charge in [0.15, 0.2) is 0 Å². The van der Waals surface area contributed by atoms with E-state index in [1.54, 1.807) is 0 Å². The van der Waals surface area contributed by atoms with Gasteiger partial charge in [-0.15, -0.1) is 0 Å². The Labute approximate surface area is 61.2 Å². The number of carboxylic acid groups (broad SMARTS) is 1. The van der Waals surface area contributed by atoms with Crippen LogP contribution in [0.4, 0.5) is 0 Å². The fraction of sp³-hybridized carbons (Fsp3) is 0. The van der Waals surface area contributed by atoms with Crippen LogP contribution in [0.3, 0.4) is 0 Å². The number of carboxylic acids is 1. The summed E-state index contributed by atoms with van der Waals surface area (Å²) in [6, 6.07) is 0. The lowest BCUT2D eigenvalue weighted by Crippen LogP contribution is -1.97. The van der Waals surface area contributed by atoms with Crippen LogP contribution in [0.15, 0.2) is 24.1 Å². The molecular weight excluding hydrogens is 154 g/mol. The van der Waals surface area contributed by atoms with Gasteiger partial charge in [0.2, 0.25) is 12.0 Å². The van der Waals surface area contributed by atoms with Gasteiger partial charge >= 0.3 is 5.97 Å². The van der Waals surface area contributed by atoms with Gasteiger partial charge in [0.25, 0.3) is 0 Å². The van der Waals surface area contributed by atoms with Crippen LogP contribution in [0.1, 0.15) is 0 Å². The van der Waals surface area contributed by atoms with Gasteiger partial charge in [0.1, 0.15) is 0 Å². The molecule has 6 nitrogen and oxygen atoms in total. The minimum absolute atomic E-state index is 0.513. The first-order chi connectivity index (χ1) is 5.04. The van der Waals surface area contributed by atoms with Crippen LogP contribution in [0.25, 0.3) is 0 Å². The maximum absolute atomic E-state index is 9.85. The minimum atomic E-state index is -1.53. The van der Waals surface area contributed by atoms with E-state index in [1.165, 1.54) is 0 Å². The van der Waals surface area contributed by atoms with Crippen LogP contribution in [0.5, 0.6) is 0 Å². The molecule has 0 aliphatic rings. The fourth-order valence-electron chi connectivity index (χ4n) is 0.276. The number of hydrogen-bond donors (Lipinski definition) is 2. The third kappa shape index (κ3) is 4.64. The highest BCUT2D eigenvalue weighted by molar-refractivity contribution is 5.83. The smallest absolute Gasteiger partial charge is 0.370 e. The van der Waals surface area contributed by atoms with Gasteiger partial charge in [0.05, 0.1) is 4.92 Å². The van der Waals surface area contributed by atoms with E-state index in [0.29, 0.717) is 12.3 Å². The Bertz CT molecular complexity index is 229. The Hall–Kier alpha value is -1.85. The first-order valence-electron chi connectivity index (χ1n) is 2.48. The number of hydrogen-bond acceptors (Lipinski definition) is 4. The van der Waals surface area contributed by atoms with Crippen LogP contribution >= 0.6 is 0 Å². The van der Waals surface area contributed by atoms with E-state index in [9.17, 15) is 14.9 Å². The van der Waals surface area contributed by atoms with Crippen LogP contribution in [-0.4, -0.2) is 21.1 Å². The molecule has 2 N–H and O–H groups in total. The number of aliphatic carboxylic acids is 1. The number of nitrogens with zero attached hydrogens (tertiary/aromatic N) is 1. The summed E-state index contributed by atoms with van der Waals surface area (Å²) in [6.45, 7) is 0. The molecule has 11 heavy (non-hydrogen) atoms. The molecule has 60 valence electrons. The molecular formula is C5H5NO5. The summed E-state index contributed by atoms with van der Waals surface area (Å²) in [4.78, 5) is 18.7. The van der Waals surface area contributed by atoms with Crippen molar-refractivity contribution < 1.29 is 19.9 Å². The zero-order chi connectivity index (χ0) is 8.85. The van der Waals surface area contributed by atoms with Crippen molar-refractivity contribution in [3.8, 4) is 0 Å². The van der Waals surface area contributed by atoms with E-state index < -0.39 is 16.7 Å². The molecule has 6 heteroatoms. The first kappa shape index (κ1) is 9.15. The van der Waals surface area contributed by atoms with Crippen molar-refractivity contribution in [1.29, 1.82) is 0 Å². The lowest BCUT2D eigenvalue weighted by atomic mass is 10.4. The van der Waals surface area contributed by atoms with Gasteiger partial charge in [-0.05, 0) is 6.08 Å². The molecule has 0 saturated heterocycles. The Balaban J connectivity index is 4.13. The number of rotatable bonds is 3. The third-order valence-corrected chi connectivity index (χ3v) is 0.681. The van der Waals surface area contributed by atoms with E-state index in [4.69, 9.17) is 10.2 Å². The minimum Gasteiger partial charge on any atom is -0.502 e. The summed E-state index contributed by atoms with van der Waals surface area (Å²) in [5, 5.41) is 26.1. The SMILES string of the molecule is O=C(O)C(O)=CC=C[N+](=O)[O-]. The van der Waals surface area contributed by atoms with Crippen LogP contribution < -0.4 is 0 Å². The zero-order valence-electron chi connectivity index (χ0n) is 5.30. The molecule has 0 bridgehead atoms. The summed E-state index contributed by atoms with van der Waals surface area (Å²) >= 11 is 0. The van der Waals surface area contributed by atoms with E-state index >= 15 is 0 Å². The van der Waals surface area contributed by atoms with Crippen LogP contribution in [0, 0.1) is 10.1 Å². The molecule has 0 aromatic heterocycles. The molecule has 0 spiro atoms. The second-order valence-corrected chi connectivity index (χ2v) is 1.48. The highest BCUT2D eigenvalue weighted by Gasteiger charge is 2.00. The van der Waals surface area contributed by atoms with E-state index in [1.807, 2.05) is 0 Å². The average molecular weight is 159 g/mol. The van der Waals surface area contributed by atoms with Gasteiger partial charge in [-0.3, -0.25) is 10.1 Å². The Morgan fingerprint density at radius 3 is 2.36 bits per heavy atom. The maximum atomic E-state index is 9.85. The first-order valence-corrected chi connectivity index (χ1v) is 2.48. The normalized spacial score (nSPS) is 11.8. The Morgan fingerprint density at radius 1 is 1.45 bits per heavy atom. The average Bonchev–Trinajstić information content (AvgIpc) is 1.86. The fourth-order valence-corrected chi connectivity index (χ4v) is 0.276. The highest BCUT2D eigenvalue weighted by atomic mass is 16.6. The monoisotopic (exact) mass is 159 g/mol. The van der Waals surface area contributed by atoms with E-state index in [-0.39, 0.29) is 0 Å². The molecule has 0 atom stereocenters. The summed E-state index contributed by atoms with van der Waals surface area (Å²) in [5.74, 6) is -2.47. The summed E-state index contributed by atoms with van der Waals surface area (Å²) in [7, 11) is 0. The second kappa shape index (κ2) is 4.04. The highest BCUT2D eigenvalue weighted by Crippen LogP contribution is 1.88. The largest absolute Gasteiger partial charge is 0.502 e. The standard InChI is InChI=1S/C5H5NO5/c7-4(5(8)9)2-1-3-6(10)11/h1-3,7H,(H,8,9). The predicted octanol–water partition coefficient (Wildman–Crippen LogP) is 0.303. The molecule has 0 amide bonds. The number of allylic oxidation sites excluding steroid dienone is 2. The van der Waals surface area contributed by atoms with Gasteiger partial charge in [-0.25, -0.2) is 4.79 Å². The van der Waals surface area contributed by atoms with Crippen LogP contribution in [-0.2, 0) is 4.79 Å². The number of aliphatic hydroxyl groups excluding tert-OH is 1. The van der Waals surface area contributed by atoms with Gasteiger partial charge in [-0.2, -0.15) is 0 Å². The lowest BCUT2D eigenvalue weighted by molar-refractivity contribution is -0.402. The van der Waals surface area contributed by atoms with Crippen molar-refractivity contribution in [1.82, 2.24) is 0 Å². The molecule has 0 saturated carbocycles. The van der Waals surface area contributed by atoms with Crippen molar-refractivity contribution >= 4 is 5.97 Å². The molecule has 0 unspecified atom stereocenters. The predicted molar refractivity (Wildman–Crippen MR) is 34.5 cm³/mol. The second-order valence-electron chi connectivity index (χ2n) is 1.48. The molecule has 0 rings (SSSR count). The van der Waals surface area contributed by atoms with E-state index in [2.05, 4.69) is 0 Å². The quantitative estimate of drug-likeness (QED) is 0.203. The Morgan fingerprint density at radius 2 is 2.00 bits per heavy atom. The van der Waals surface area contributed by atoms with Crippen LogP contribution in [0.2, 0.25) is 0 Å². The van der Waals surface area contributed by atoms with E-state index in [0.717, 1.165) is 6.08 Å². The summed E-state index contributed by atoms with van der Waals surface area (Å²) in [5.41, 5.74) is 0. The van der Waals surface area contributed by atoms with Gasteiger partial charge in [0, 0.05) is 6.08 Å². The molecule has 0 aromatic rings. The number of aliphatic hydroxyl groups is 1. The van der Waals surface area contributed by atoms with Gasteiger partial charge in [-0.1, -0.05) is 0 Å². The van der Waals surface area contributed by atoms with Crippen molar-refractivity contribution in [2.24, 2.45) is 0 Å². The van der Waals surface area contributed by atoms with Crippen molar-refractivity contribution in [3.63, 3.8) is 0 Å². The van der Waals surface area contributed by atoms with Crippen molar-refractivity contribution in [2.75, 3.05) is 0 Å². The topological polar surface area (TPSA) is 101 Å². The molecule has 0 aliphatic carbocycles. The van der Waals surface area contributed by atoms with Gasteiger partial charge < -0.3 is 10.2 Å². The molecule has 0 fully saturated rings. The van der Waals surface area contributed by atoms with Crippen molar-refractivity contribution in [3.05, 3.63) is 34.2 Å². The molecule has 0 aliphatic heterocycles. The third-order valence-electron chi connectivity index (χ3n) is 0.681. The molecule has 0 aromatic carbocycles. The Kier molecular flexibility index (Phi) is 3.36. The van der Waals surface area contributed by atoms with Crippen molar-refractivity contribution in [2.45, 2.75) is 0 Å². The summed E-state index contributed by atoms with van der Waals surface area (Å²) in [6.07, 6.45) is 2.05. The summed E-state index contributed by atoms with van der Waals surface area (Å²) < 4.78 is 0. The number of carbonyl (C=O) groups is 1. The lowest BCUT2D eigenvalue weighted by Gasteiger charge is -1.84. The zero-order valence-corrected chi connectivity index (χ0v) is 5.30.